The van der Waals surface area contributed by atoms with E-state index >= 15 is 0 Å². The molecule has 0 unspecified atom stereocenters. The van der Waals surface area contributed by atoms with Crippen molar-refractivity contribution < 1.29 is 19.4 Å². The average Bonchev–Trinajstić information content (AvgIpc) is 2.87. The summed E-state index contributed by atoms with van der Waals surface area (Å²) < 4.78 is 7.57. The van der Waals surface area contributed by atoms with Crippen LogP contribution in [0.5, 0.6) is 0 Å². The molecule has 0 radical (unpaired) electrons. The second kappa shape index (κ2) is 7.38. The molecule has 3 N–H and O–H groups in total. The van der Waals surface area contributed by atoms with Gasteiger partial charge >= 0.3 is 5.97 Å². The summed E-state index contributed by atoms with van der Waals surface area (Å²) in [5, 5.41) is 14.6. The standard InChI is InChI=1S/C20H23N3O5S/c1-20(2)9-13(7-8-28-20)23-17-15(18(25)22-23)16(29-10-14(24)21-17)11-3-5-12(6-4-11)19(26)27/h3-6,13,16H,7-10H2,1-2H3,(H,21,24)(H,22,25)(H,26,27)/t13-,16-/m0/s1. The van der Waals surface area contributed by atoms with E-state index in [1.165, 1.54) is 23.9 Å². The molecule has 1 fully saturated rings. The second-order valence-corrected chi connectivity index (χ2v) is 9.09. The number of benzene rings is 1. The number of fused-ring (bicyclic) bond motifs is 1. The smallest absolute Gasteiger partial charge is 0.335 e. The summed E-state index contributed by atoms with van der Waals surface area (Å²) >= 11 is 1.36. The Morgan fingerprint density at radius 2 is 2.00 bits per heavy atom. The lowest BCUT2D eigenvalue weighted by Crippen LogP contribution is -2.36. The number of carbonyl (C=O) groups excluding carboxylic acids is 1. The summed E-state index contributed by atoms with van der Waals surface area (Å²) in [6, 6.07) is 6.45. The van der Waals surface area contributed by atoms with Crippen LogP contribution in [0.3, 0.4) is 0 Å². The highest BCUT2D eigenvalue weighted by Gasteiger charge is 2.36. The summed E-state index contributed by atoms with van der Waals surface area (Å²) in [5.41, 5.74) is 0.900. The Kier molecular flexibility index (Phi) is 5.04. The summed E-state index contributed by atoms with van der Waals surface area (Å²) in [6.45, 7) is 4.61. The van der Waals surface area contributed by atoms with Gasteiger partial charge < -0.3 is 15.2 Å². The van der Waals surface area contributed by atoms with Gasteiger partial charge in [0.2, 0.25) is 5.91 Å². The molecule has 9 heteroatoms. The fourth-order valence-electron chi connectivity index (χ4n) is 4.00. The SMILES string of the molecule is CC1(C)C[C@@H](n2[nH]c(=O)c3c2NC(=O)CS[C@H]3c2ccc(C(=O)O)cc2)CCO1. The molecule has 154 valence electrons. The first-order valence-electron chi connectivity index (χ1n) is 9.48. The van der Waals surface area contributed by atoms with Crippen molar-refractivity contribution in [1.29, 1.82) is 0 Å². The molecule has 0 bridgehead atoms. The third-order valence-corrected chi connectivity index (χ3v) is 6.63. The minimum atomic E-state index is -1.01. The van der Waals surface area contributed by atoms with Gasteiger partial charge in [-0.2, -0.15) is 0 Å². The number of aromatic carboxylic acids is 1. The van der Waals surface area contributed by atoms with Crippen LogP contribution in [-0.4, -0.2) is 44.7 Å². The number of hydrogen-bond donors (Lipinski definition) is 3. The minimum Gasteiger partial charge on any atom is -0.478 e. The van der Waals surface area contributed by atoms with Crippen LogP contribution in [0.2, 0.25) is 0 Å². The number of carbonyl (C=O) groups is 2. The molecule has 3 heterocycles. The van der Waals surface area contributed by atoms with E-state index in [0.717, 1.165) is 12.0 Å². The van der Waals surface area contributed by atoms with Gasteiger partial charge in [-0.1, -0.05) is 12.1 Å². The number of nitrogens with zero attached hydrogens (tertiary/aromatic N) is 1. The Labute approximate surface area is 171 Å². The Balaban J connectivity index is 1.77. The van der Waals surface area contributed by atoms with Crippen molar-refractivity contribution in [1.82, 2.24) is 9.78 Å². The lowest BCUT2D eigenvalue weighted by atomic mass is 9.94. The number of carboxylic acids is 1. The maximum absolute atomic E-state index is 12.9. The van der Waals surface area contributed by atoms with Gasteiger partial charge in [0.25, 0.3) is 5.56 Å². The van der Waals surface area contributed by atoms with Crippen LogP contribution in [0.1, 0.15) is 59.5 Å². The maximum atomic E-state index is 12.9. The summed E-state index contributed by atoms with van der Waals surface area (Å²) in [4.78, 5) is 36.5. The first kappa shape index (κ1) is 19.8. The number of hydrogen-bond acceptors (Lipinski definition) is 5. The monoisotopic (exact) mass is 417 g/mol. The number of rotatable bonds is 3. The van der Waals surface area contributed by atoms with Crippen molar-refractivity contribution in [2.75, 3.05) is 17.7 Å². The van der Waals surface area contributed by atoms with Crippen molar-refractivity contribution in [3.05, 3.63) is 51.3 Å². The number of nitrogens with one attached hydrogen (secondary N) is 2. The Morgan fingerprint density at radius 1 is 1.28 bits per heavy atom. The summed E-state index contributed by atoms with van der Waals surface area (Å²) in [6.07, 6.45) is 1.45. The zero-order valence-corrected chi connectivity index (χ0v) is 17.0. The number of amides is 1. The summed E-state index contributed by atoms with van der Waals surface area (Å²) in [5.74, 6) is -0.465. The molecule has 0 saturated carbocycles. The van der Waals surface area contributed by atoms with Crippen LogP contribution < -0.4 is 10.9 Å². The van der Waals surface area contributed by atoms with Gasteiger partial charge in [-0.15, -0.1) is 11.8 Å². The van der Waals surface area contributed by atoms with E-state index in [0.29, 0.717) is 24.4 Å². The first-order chi connectivity index (χ1) is 13.7. The van der Waals surface area contributed by atoms with E-state index in [1.54, 1.807) is 16.8 Å². The number of H-pyrrole nitrogens is 1. The van der Waals surface area contributed by atoms with Crippen molar-refractivity contribution in [2.45, 2.75) is 43.6 Å². The van der Waals surface area contributed by atoms with Crippen molar-refractivity contribution >= 4 is 29.5 Å². The zero-order chi connectivity index (χ0) is 20.8. The minimum absolute atomic E-state index is 0.00800. The molecule has 0 spiro atoms. The third kappa shape index (κ3) is 3.84. The molecule has 4 rings (SSSR count). The van der Waals surface area contributed by atoms with E-state index in [-0.39, 0.29) is 39.7 Å². The van der Waals surface area contributed by atoms with E-state index in [1.807, 2.05) is 13.8 Å². The molecular weight excluding hydrogens is 394 g/mol. The van der Waals surface area contributed by atoms with Crippen LogP contribution in [0.15, 0.2) is 29.1 Å². The van der Waals surface area contributed by atoms with Crippen LogP contribution in [0.25, 0.3) is 0 Å². The molecular formula is C20H23N3O5S. The van der Waals surface area contributed by atoms with Gasteiger partial charge in [-0.25, -0.2) is 4.79 Å². The highest BCUT2D eigenvalue weighted by Crippen LogP contribution is 2.42. The van der Waals surface area contributed by atoms with Crippen LogP contribution in [0, 0.1) is 0 Å². The molecule has 2 aliphatic rings. The fraction of sp³-hybridized carbons (Fsp3) is 0.450. The zero-order valence-electron chi connectivity index (χ0n) is 16.2. The topological polar surface area (TPSA) is 113 Å². The molecule has 2 aromatic rings. The van der Waals surface area contributed by atoms with E-state index in [2.05, 4.69) is 10.4 Å². The molecule has 1 aromatic carbocycles. The van der Waals surface area contributed by atoms with Crippen molar-refractivity contribution in [3.8, 4) is 0 Å². The normalized spacial score (nSPS) is 23.7. The molecule has 2 aliphatic heterocycles. The lowest BCUT2D eigenvalue weighted by molar-refractivity contribution is -0.113. The van der Waals surface area contributed by atoms with Gasteiger partial charge in [-0.05, 0) is 44.4 Å². The fourth-order valence-corrected chi connectivity index (χ4v) is 5.13. The van der Waals surface area contributed by atoms with Gasteiger partial charge in [-0.3, -0.25) is 19.4 Å². The number of aromatic nitrogens is 2. The summed E-state index contributed by atoms with van der Waals surface area (Å²) in [7, 11) is 0. The highest BCUT2D eigenvalue weighted by molar-refractivity contribution is 8.00. The predicted molar refractivity (Wildman–Crippen MR) is 110 cm³/mol. The second-order valence-electron chi connectivity index (χ2n) is 7.99. The molecule has 29 heavy (non-hydrogen) atoms. The van der Waals surface area contributed by atoms with Gasteiger partial charge in [0, 0.05) is 6.61 Å². The number of aromatic amines is 1. The van der Waals surface area contributed by atoms with Gasteiger partial charge in [0.15, 0.2) is 0 Å². The Hall–Kier alpha value is -2.52. The molecule has 1 amide bonds. The largest absolute Gasteiger partial charge is 0.478 e. The Morgan fingerprint density at radius 3 is 2.66 bits per heavy atom. The van der Waals surface area contributed by atoms with Crippen molar-refractivity contribution in [3.63, 3.8) is 0 Å². The van der Waals surface area contributed by atoms with Crippen LogP contribution in [-0.2, 0) is 9.53 Å². The quantitative estimate of drug-likeness (QED) is 0.708. The van der Waals surface area contributed by atoms with Crippen molar-refractivity contribution in [2.24, 2.45) is 0 Å². The van der Waals surface area contributed by atoms with Crippen LogP contribution in [0.4, 0.5) is 5.82 Å². The molecule has 1 saturated heterocycles. The van der Waals surface area contributed by atoms with E-state index in [4.69, 9.17) is 9.84 Å². The number of ether oxygens (including phenoxy) is 1. The Bertz CT molecular complexity index is 1010. The predicted octanol–water partition coefficient (Wildman–Crippen LogP) is 2.78. The first-order valence-corrected chi connectivity index (χ1v) is 10.5. The number of carboxylic acid groups (broad SMARTS) is 1. The molecule has 1 aromatic heterocycles. The molecule has 0 aliphatic carbocycles. The van der Waals surface area contributed by atoms with E-state index < -0.39 is 5.97 Å². The lowest BCUT2D eigenvalue weighted by Gasteiger charge is -2.36. The van der Waals surface area contributed by atoms with Crippen LogP contribution >= 0.6 is 11.8 Å². The molecule has 8 nitrogen and oxygen atoms in total. The van der Waals surface area contributed by atoms with Gasteiger partial charge in [0.05, 0.1) is 33.8 Å². The number of thioether (sulfide) groups is 1. The third-order valence-electron chi connectivity index (χ3n) is 5.36. The number of anilines is 1. The molecule has 2 atom stereocenters. The average molecular weight is 417 g/mol. The van der Waals surface area contributed by atoms with E-state index in [9.17, 15) is 14.4 Å². The van der Waals surface area contributed by atoms with Gasteiger partial charge in [0.1, 0.15) is 5.82 Å². The maximum Gasteiger partial charge on any atom is 0.335 e. The highest BCUT2D eigenvalue weighted by atomic mass is 32.2.